The molecule has 0 aromatic heterocycles. The number of hydrogen-bond acceptors (Lipinski definition) is 7. The van der Waals surface area contributed by atoms with E-state index in [1.807, 2.05) is 6.07 Å². The lowest BCUT2D eigenvalue weighted by Gasteiger charge is -2.29. The summed E-state index contributed by atoms with van der Waals surface area (Å²) < 4.78 is 39.7. The average Bonchev–Trinajstić information content (AvgIpc) is 3.77. The molecule has 3 rings (SSSR count). The van der Waals surface area contributed by atoms with Gasteiger partial charge in [-0.15, -0.1) is 0 Å². The number of aliphatic hydroxyl groups excluding tert-OH is 1. The van der Waals surface area contributed by atoms with Gasteiger partial charge in [0.2, 0.25) is 0 Å². The molecule has 0 radical (unpaired) electrons. The van der Waals surface area contributed by atoms with Crippen molar-refractivity contribution in [3.63, 3.8) is 0 Å². The van der Waals surface area contributed by atoms with Crippen LogP contribution in [-0.2, 0) is 9.47 Å². The SMILES string of the molecule is CCOCC(N)OC(/C(=N/C(C)=N)Nc1cc(Cl)ccc1C1CC1)[C@@H](O)CN/C=C(\C=N)c1ccc(Cl)c(F)c1F. The average molecular weight is 612 g/mol. The second-order valence-corrected chi connectivity index (χ2v) is 10.3. The molecule has 0 aliphatic heterocycles. The Morgan fingerprint density at radius 1 is 1.24 bits per heavy atom. The van der Waals surface area contributed by atoms with Gasteiger partial charge in [0.1, 0.15) is 30.1 Å². The van der Waals surface area contributed by atoms with Gasteiger partial charge in [0, 0.05) is 47.4 Å². The highest BCUT2D eigenvalue weighted by molar-refractivity contribution is 6.31. The third-order valence-electron chi connectivity index (χ3n) is 6.10. The second kappa shape index (κ2) is 15.3. The molecule has 2 unspecified atom stereocenters. The van der Waals surface area contributed by atoms with Gasteiger partial charge in [0.25, 0.3) is 0 Å². The third-order valence-corrected chi connectivity index (χ3v) is 6.62. The molecule has 0 saturated heterocycles. The minimum atomic E-state index is -1.31. The van der Waals surface area contributed by atoms with Crippen LogP contribution >= 0.6 is 23.2 Å². The van der Waals surface area contributed by atoms with Crippen molar-refractivity contribution in [3.8, 4) is 0 Å². The number of ether oxygens (including phenoxy) is 2. The van der Waals surface area contributed by atoms with E-state index in [-0.39, 0.29) is 41.0 Å². The molecule has 7 N–H and O–H groups in total. The molecule has 3 atom stereocenters. The first kappa shape index (κ1) is 32.6. The Hall–Kier alpha value is -2.93. The lowest BCUT2D eigenvalue weighted by Crippen LogP contribution is -2.49. The molecule has 13 heteroatoms. The smallest absolute Gasteiger partial charge is 0.178 e. The number of nitrogens with one attached hydrogen (secondary N) is 4. The molecule has 41 heavy (non-hydrogen) atoms. The van der Waals surface area contributed by atoms with Crippen LogP contribution in [0.15, 0.2) is 41.5 Å². The fourth-order valence-electron chi connectivity index (χ4n) is 4.01. The van der Waals surface area contributed by atoms with E-state index in [0.29, 0.717) is 23.2 Å². The first-order chi connectivity index (χ1) is 19.5. The Morgan fingerprint density at radius 3 is 2.61 bits per heavy atom. The lowest BCUT2D eigenvalue weighted by molar-refractivity contribution is -0.0680. The van der Waals surface area contributed by atoms with Crippen LogP contribution in [0, 0.1) is 22.5 Å². The zero-order valence-electron chi connectivity index (χ0n) is 22.7. The van der Waals surface area contributed by atoms with Gasteiger partial charge in [-0.1, -0.05) is 29.3 Å². The summed E-state index contributed by atoms with van der Waals surface area (Å²) in [5.74, 6) is -2.02. The van der Waals surface area contributed by atoms with E-state index in [1.54, 1.807) is 19.1 Å². The predicted octanol–water partition coefficient (Wildman–Crippen LogP) is 5.30. The lowest BCUT2D eigenvalue weighted by atomic mass is 10.1. The molecule has 0 heterocycles. The van der Waals surface area contributed by atoms with Crippen molar-refractivity contribution in [2.24, 2.45) is 10.7 Å². The van der Waals surface area contributed by atoms with Crippen molar-refractivity contribution in [1.82, 2.24) is 5.32 Å². The number of halogens is 4. The van der Waals surface area contributed by atoms with Gasteiger partial charge in [-0.25, -0.2) is 13.8 Å². The molecular formula is C28H34Cl2F2N6O3. The molecule has 1 saturated carbocycles. The van der Waals surface area contributed by atoms with Gasteiger partial charge >= 0.3 is 0 Å². The summed E-state index contributed by atoms with van der Waals surface area (Å²) in [7, 11) is 0. The minimum absolute atomic E-state index is 0.00568. The first-order valence-electron chi connectivity index (χ1n) is 13.0. The molecule has 222 valence electrons. The molecule has 0 spiro atoms. The largest absolute Gasteiger partial charge is 0.388 e. The molecule has 1 fully saturated rings. The number of benzene rings is 2. The number of anilines is 1. The van der Waals surface area contributed by atoms with Crippen LogP contribution < -0.4 is 16.4 Å². The van der Waals surface area contributed by atoms with Gasteiger partial charge in [0.15, 0.2) is 11.6 Å². The minimum Gasteiger partial charge on any atom is -0.388 e. The highest BCUT2D eigenvalue weighted by Crippen LogP contribution is 2.44. The van der Waals surface area contributed by atoms with Crippen molar-refractivity contribution in [2.45, 2.75) is 51.0 Å². The van der Waals surface area contributed by atoms with Crippen LogP contribution in [0.3, 0.4) is 0 Å². The van der Waals surface area contributed by atoms with Crippen molar-refractivity contribution in [2.75, 3.05) is 25.1 Å². The van der Waals surface area contributed by atoms with Crippen LogP contribution in [0.2, 0.25) is 10.0 Å². The number of aliphatic imine (C=N–C) groups is 1. The topological polar surface area (TPSA) is 149 Å². The maximum Gasteiger partial charge on any atom is 0.178 e. The normalized spacial score (nSPS) is 16.2. The molecule has 1 aliphatic carbocycles. The number of nitrogens with zero attached hydrogens (tertiary/aromatic N) is 1. The Kier molecular flexibility index (Phi) is 12.2. The third kappa shape index (κ3) is 9.29. The van der Waals surface area contributed by atoms with Gasteiger partial charge in [-0.2, -0.15) is 0 Å². The molecule has 0 amide bonds. The first-order valence-corrected chi connectivity index (χ1v) is 13.8. The summed E-state index contributed by atoms with van der Waals surface area (Å²) >= 11 is 11.9. The zero-order chi connectivity index (χ0) is 30.1. The van der Waals surface area contributed by atoms with E-state index in [2.05, 4.69) is 15.6 Å². The summed E-state index contributed by atoms with van der Waals surface area (Å²) in [6.45, 7) is 3.54. The number of nitrogens with two attached hydrogens (primary N) is 1. The van der Waals surface area contributed by atoms with E-state index in [9.17, 15) is 13.9 Å². The number of amidine groups is 2. The molecule has 9 nitrogen and oxygen atoms in total. The quantitative estimate of drug-likeness (QED) is 0.0739. The number of hydrogen-bond donors (Lipinski definition) is 6. The van der Waals surface area contributed by atoms with Crippen LogP contribution in [-0.4, -0.2) is 61.2 Å². The fourth-order valence-corrected chi connectivity index (χ4v) is 4.33. The molecule has 2 aromatic rings. The Balaban J connectivity index is 1.89. The van der Waals surface area contributed by atoms with Crippen molar-refractivity contribution in [3.05, 3.63) is 69.3 Å². The molecule has 2 aromatic carbocycles. The summed E-state index contributed by atoms with van der Waals surface area (Å²) in [4.78, 5) is 4.30. The maximum absolute atomic E-state index is 14.4. The Bertz CT molecular complexity index is 1310. The standard InChI is InChI=1S/C28H34Cl2F2N6O3/c1-3-40-14-24(35)41-27(23(39)13-36-12-17(11-33)20-8-9-21(30)26(32)25(20)31)28(37-15(2)34)38-22-10-18(29)6-7-19(22)16-4-5-16/h6-12,16,23-24,27,33,36,39H,3-5,13-14,35H2,1-2H3,(H2,34,37,38)/b17-12+,33-11?/t23-,24?,27?/m0/s1. The van der Waals surface area contributed by atoms with Crippen molar-refractivity contribution in [1.29, 1.82) is 10.8 Å². The summed E-state index contributed by atoms with van der Waals surface area (Å²) in [5.41, 5.74) is 7.63. The number of aliphatic hydroxyl groups is 1. The van der Waals surface area contributed by atoms with Crippen LogP contribution in [0.4, 0.5) is 14.5 Å². The highest BCUT2D eigenvalue weighted by atomic mass is 35.5. The van der Waals surface area contributed by atoms with Crippen LogP contribution in [0.1, 0.15) is 43.7 Å². The van der Waals surface area contributed by atoms with E-state index < -0.39 is 30.1 Å². The van der Waals surface area contributed by atoms with Crippen molar-refractivity contribution < 1.29 is 23.4 Å². The predicted molar refractivity (Wildman–Crippen MR) is 159 cm³/mol. The molecule has 1 aliphatic rings. The van der Waals surface area contributed by atoms with E-state index in [1.165, 1.54) is 25.3 Å². The summed E-state index contributed by atoms with van der Waals surface area (Å²) in [5, 5.41) is 33.0. The van der Waals surface area contributed by atoms with Gasteiger partial charge in [-0.3, -0.25) is 5.41 Å². The van der Waals surface area contributed by atoms with Gasteiger partial charge < -0.3 is 36.4 Å². The fraction of sp³-hybridized carbons (Fsp3) is 0.393. The monoisotopic (exact) mass is 610 g/mol. The van der Waals surface area contributed by atoms with E-state index in [4.69, 9.17) is 49.2 Å². The summed E-state index contributed by atoms with van der Waals surface area (Å²) in [6.07, 6.45) is 0.706. The number of rotatable bonds is 14. The van der Waals surface area contributed by atoms with E-state index >= 15 is 0 Å². The second-order valence-electron chi connectivity index (χ2n) is 9.41. The van der Waals surface area contributed by atoms with Crippen LogP contribution in [0.25, 0.3) is 5.57 Å². The molecule has 0 bridgehead atoms. The van der Waals surface area contributed by atoms with Gasteiger partial charge in [0.05, 0.1) is 11.6 Å². The van der Waals surface area contributed by atoms with Gasteiger partial charge in [-0.05, 0) is 62.4 Å². The Labute approximate surface area is 247 Å². The van der Waals surface area contributed by atoms with Crippen molar-refractivity contribution >= 4 is 52.3 Å². The maximum atomic E-state index is 14.4. The number of allylic oxidation sites excluding steroid dienone is 1. The van der Waals surface area contributed by atoms with E-state index in [0.717, 1.165) is 24.6 Å². The molecular weight excluding hydrogens is 577 g/mol. The zero-order valence-corrected chi connectivity index (χ0v) is 24.2. The summed E-state index contributed by atoms with van der Waals surface area (Å²) in [6, 6.07) is 7.90. The van der Waals surface area contributed by atoms with Crippen LogP contribution in [0.5, 0.6) is 0 Å². The highest BCUT2D eigenvalue weighted by Gasteiger charge is 2.31. The Morgan fingerprint density at radius 2 is 1.98 bits per heavy atom.